The molecular formula is C31H41NO. The van der Waals surface area contributed by atoms with Crippen molar-refractivity contribution in [3.05, 3.63) is 64.3 Å². The first-order valence-electron chi connectivity index (χ1n) is 13.4. The second kappa shape index (κ2) is 9.28. The maximum absolute atomic E-state index is 11.7. The van der Waals surface area contributed by atoms with E-state index in [-0.39, 0.29) is 11.8 Å². The zero-order valence-corrected chi connectivity index (χ0v) is 20.8. The van der Waals surface area contributed by atoms with Crippen LogP contribution in [0.2, 0.25) is 0 Å². The lowest BCUT2D eigenvalue weighted by molar-refractivity contribution is -0.122. The maximum atomic E-state index is 11.7. The normalized spacial score (nSPS) is 34.2. The summed E-state index contributed by atoms with van der Waals surface area (Å²) in [6.45, 7) is 7.24. The number of carbonyl (C=O) groups excluding carboxylic acids is 1. The van der Waals surface area contributed by atoms with Gasteiger partial charge in [-0.15, -0.1) is 0 Å². The third-order valence-electron chi connectivity index (χ3n) is 9.47. The summed E-state index contributed by atoms with van der Waals surface area (Å²) in [5.74, 6) is 3.88. The third kappa shape index (κ3) is 4.77. The molecule has 4 aliphatic rings. The molecule has 2 nitrogen and oxygen atoms in total. The van der Waals surface area contributed by atoms with E-state index in [0.717, 1.165) is 37.0 Å². The Morgan fingerprint density at radius 1 is 0.970 bits per heavy atom. The lowest BCUT2D eigenvalue weighted by atomic mass is 9.74. The molecule has 1 amide bonds. The molecule has 0 aromatic heterocycles. The van der Waals surface area contributed by atoms with Crippen LogP contribution in [0.25, 0.3) is 5.57 Å². The van der Waals surface area contributed by atoms with Crippen LogP contribution in [-0.2, 0) is 17.6 Å². The topological polar surface area (TPSA) is 43.1 Å². The number of fused-ring (bicyclic) bond motifs is 2. The third-order valence-corrected chi connectivity index (χ3v) is 9.47. The van der Waals surface area contributed by atoms with Gasteiger partial charge in [-0.3, -0.25) is 4.79 Å². The van der Waals surface area contributed by atoms with Gasteiger partial charge >= 0.3 is 0 Å². The molecule has 2 fully saturated rings. The van der Waals surface area contributed by atoms with Gasteiger partial charge in [0.2, 0.25) is 5.91 Å². The number of rotatable bonds is 3. The van der Waals surface area contributed by atoms with Crippen LogP contribution >= 0.6 is 0 Å². The Morgan fingerprint density at radius 3 is 2.61 bits per heavy atom. The van der Waals surface area contributed by atoms with Crippen molar-refractivity contribution in [2.45, 2.75) is 78.6 Å². The van der Waals surface area contributed by atoms with Gasteiger partial charge in [0.15, 0.2) is 0 Å². The van der Waals surface area contributed by atoms with Crippen molar-refractivity contribution >= 4 is 11.5 Å². The number of primary amides is 1. The molecule has 0 radical (unpaired) electrons. The van der Waals surface area contributed by atoms with Gasteiger partial charge in [-0.1, -0.05) is 74.3 Å². The molecule has 1 aromatic rings. The fourth-order valence-electron chi connectivity index (χ4n) is 6.84. The van der Waals surface area contributed by atoms with E-state index >= 15 is 0 Å². The van der Waals surface area contributed by atoms with Gasteiger partial charge in [0.05, 0.1) is 0 Å². The number of hydrogen-bond acceptors (Lipinski definition) is 1. The number of carbonyl (C=O) groups is 1. The number of allylic oxidation sites excluding steroid dienone is 6. The Kier molecular flexibility index (Phi) is 6.38. The molecule has 2 saturated carbocycles. The van der Waals surface area contributed by atoms with Gasteiger partial charge in [-0.25, -0.2) is 0 Å². The lowest BCUT2D eigenvalue weighted by Crippen LogP contribution is -2.28. The summed E-state index contributed by atoms with van der Waals surface area (Å²) in [5.41, 5.74) is 14.1. The molecule has 0 aliphatic heterocycles. The molecule has 6 atom stereocenters. The first-order chi connectivity index (χ1) is 15.9. The summed E-state index contributed by atoms with van der Waals surface area (Å²) in [5, 5.41) is 0. The first-order valence-corrected chi connectivity index (χ1v) is 13.4. The molecule has 33 heavy (non-hydrogen) atoms. The fraction of sp³-hybridized carbons (Fsp3) is 0.581. The van der Waals surface area contributed by atoms with Crippen LogP contribution < -0.4 is 5.73 Å². The van der Waals surface area contributed by atoms with Gasteiger partial charge in [0, 0.05) is 5.92 Å². The minimum Gasteiger partial charge on any atom is -0.369 e. The van der Waals surface area contributed by atoms with Crippen molar-refractivity contribution in [3.8, 4) is 0 Å². The molecule has 1 aromatic carbocycles. The maximum Gasteiger partial charge on any atom is 0.220 e. The Balaban J connectivity index is 1.44. The molecule has 0 heterocycles. The highest BCUT2D eigenvalue weighted by molar-refractivity contribution is 5.79. The van der Waals surface area contributed by atoms with E-state index < -0.39 is 0 Å². The second-order valence-electron chi connectivity index (χ2n) is 11.6. The van der Waals surface area contributed by atoms with E-state index in [0.29, 0.717) is 11.8 Å². The number of aryl methyl sites for hydroxylation is 1. The zero-order chi connectivity index (χ0) is 23.1. The van der Waals surface area contributed by atoms with Crippen LogP contribution in [0, 0.1) is 35.5 Å². The van der Waals surface area contributed by atoms with E-state index in [9.17, 15) is 4.79 Å². The number of amides is 1. The van der Waals surface area contributed by atoms with Crippen LogP contribution in [0.5, 0.6) is 0 Å². The largest absolute Gasteiger partial charge is 0.369 e. The highest BCUT2D eigenvalue weighted by Gasteiger charge is 2.38. The summed E-state index contributed by atoms with van der Waals surface area (Å²) < 4.78 is 0. The average Bonchev–Trinajstić information content (AvgIpc) is 3.58. The molecule has 2 N–H and O–H groups in total. The molecule has 4 aliphatic carbocycles. The Bertz CT molecular complexity index is 1010. The number of benzene rings is 1. The minimum absolute atomic E-state index is 0.00528. The lowest BCUT2D eigenvalue weighted by Gasteiger charge is -2.31. The van der Waals surface area contributed by atoms with Crippen LogP contribution in [0.4, 0.5) is 0 Å². The van der Waals surface area contributed by atoms with E-state index in [2.05, 4.69) is 57.2 Å². The number of nitrogens with two attached hydrogens (primary N) is 1. The van der Waals surface area contributed by atoms with E-state index in [1.807, 2.05) is 0 Å². The monoisotopic (exact) mass is 443 g/mol. The highest BCUT2D eigenvalue weighted by Crippen LogP contribution is 2.50. The van der Waals surface area contributed by atoms with Crippen molar-refractivity contribution in [2.75, 3.05) is 0 Å². The molecule has 176 valence electrons. The van der Waals surface area contributed by atoms with Crippen molar-refractivity contribution in [2.24, 2.45) is 41.2 Å². The van der Waals surface area contributed by atoms with Crippen LogP contribution in [0.3, 0.4) is 0 Å². The molecule has 2 heteroatoms. The summed E-state index contributed by atoms with van der Waals surface area (Å²) >= 11 is 0. The van der Waals surface area contributed by atoms with E-state index in [4.69, 9.17) is 5.73 Å². The Hall–Kier alpha value is -2.09. The standard InChI is InChI=1S/C31H41NO/c1-19-7-9-27(25-11-12-26-17-28(31(32)33)14-13-24(26)16-25)18-30(21(19)3)29-6-4-5-22-15-23(22)10-8-20(29)2/h7,9,11-12,16,18,20-23,28-29H,4-6,8,10,13-15,17H2,1-3H3,(H2,32,33). The van der Waals surface area contributed by atoms with E-state index in [1.165, 1.54) is 66.4 Å². The summed E-state index contributed by atoms with van der Waals surface area (Å²) in [6.07, 6.45) is 18.4. The van der Waals surface area contributed by atoms with Crippen molar-refractivity contribution in [1.82, 2.24) is 0 Å². The number of hydrogen-bond donors (Lipinski definition) is 1. The van der Waals surface area contributed by atoms with Gasteiger partial charge in [0.25, 0.3) is 0 Å². The van der Waals surface area contributed by atoms with Crippen molar-refractivity contribution < 1.29 is 4.79 Å². The SMILES string of the molecule is CC1=CC=C(c2ccc3c(c2)CCC(C(N)=O)C3)C=C(C2CCCC3CC3CCC2C)C1C. The summed E-state index contributed by atoms with van der Waals surface area (Å²) in [4.78, 5) is 11.7. The molecule has 0 spiro atoms. The second-order valence-corrected chi connectivity index (χ2v) is 11.6. The Labute approximate surface area is 200 Å². The predicted molar refractivity (Wildman–Crippen MR) is 137 cm³/mol. The van der Waals surface area contributed by atoms with Crippen molar-refractivity contribution in [1.29, 1.82) is 0 Å². The van der Waals surface area contributed by atoms with Gasteiger partial charge in [0.1, 0.15) is 0 Å². The summed E-state index contributed by atoms with van der Waals surface area (Å²) in [7, 11) is 0. The fourth-order valence-corrected chi connectivity index (χ4v) is 6.84. The van der Waals surface area contributed by atoms with Crippen LogP contribution in [0.15, 0.2) is 47.6 Å². The highest BCUT2D eigenvalue weighted by atomic mass is 16.1. The van der Waals surface area contributed by atoms with Gasteiger partial charge in [-0.2, -0.15) is 0 Å². The predicted octanol–water partition coefficient (Wildman–Crippen LogP) is 7.04. The average molecular weight is 444 g/mol. The van der Waals surface area contributed by atoms with E-state index in [1.54, 1.807) is 5.57 Å². The van der Waals surface area contributed by atoms with Crippen molar-refractivity contribution in [3.63, 3.8) is 0 Å². The molecule has 5 rings (SSSR count). The smallest absolute Gasteiger partial charge is 0.220 e. The van der Waals surface area contributed by atoms with Crippen LogP contribution in [0.1, 0.15) is 82.4 Å². The molecule has 6 unspecified atom stereocenters. The first kappa shape index (κ1) is 22.7. The Morgan fingerprint density at radius 2 is 1.79 bits per heavy atom. The van der Waals surface area contributed by atoms with Gasteiger partial charge in [-0.05, 0) is 104 Å². The summed E-state index contributed by atoms with van der Waals surface area (Å²) in [6, 6.07) is 6.89. The van der Waals surface area contributed by atoms with Gasteiger partial charge < -0.3 is 5.73 Å². The molecular weight excluding hydrogens is 402 g/mol. The van der Waals surface area contributed by atoms with Crippen LogP contribution in [-0.4, -0.2) is 5.91 Å². The zero-order valence-electron chi connectivity index (χ0n) is 20.8. The quantitative estimate of drug-likeness (QED) is 0.535. The molecule has 0 saturated heterocycles. The molecule has 0 bridgehead atoms. The minimum atomic E-state index is -0.153.